The van der Waals surface area contributed by atoms with Crippen molar-refractivity contribution >= 4 is 28.3 Å². The van der Waals surface area contributed by atoms with Crippen LogP contribution in [-0.4, -0.2) is 11.9 Å². The van der Waals surface area contributed by atoms with Crippen molar-refractivity contribution in [1.82, 2.24) is 0 Å². The highest BCUT2D eigenvalue weighted by Crippen LogP contribution is 2.35. The third-order valence-electron chi connectivity index (χ3n) is 5.17. The molecule has 0 bridgehead atoms. The third-order valence-corrected chi connectivity index (χ3v) is 5.17. The zero-order valence-corrected chi connectivity index (χ0v) is 15.5. The molecular weight excluding hydrogens is 362 g/mol. The highest BCUT2D eigenvalue weighted by molar-refractivity contribution is 6.11. The van der Waals surface area contributed by atoms with Gasteiger partial charge in [-0.2, -0.15) is 0 Å². The lowest BCUT2D eigenvalue weighted by atomic mass is 10.1. The molecule has 0 unspecified atom stereocenters. The van der Waals surface area contributed by atoms with Crippen LogP contribution < -0.4 is 9.64 Å². The van der Waals surface area contributed by atoms with Crippen LogP contribution in [0.5, 0.6) is 5.75 Å². The summed E-state index contributed by atoms with van der Waals surface area (Å²) in [4.78, 5) is 27.3. The highest BCUT2D eigenvalue weighted by Gasteiger charge is 2.30. The number of anilines is 1. The zero-order chi connectivity index (χ0) is 19.8. The number of para-hydroxylation sites is 2. The second kappa shape index (κ2) is 6.91. The van der Waals surface area contributed by atoms with Gasteiger partial charge in [0.2, 0.25) is 0 Å². The van der Waals surface area contributed by atoms with Crippen molar-refractivity contribution in [3.8, 4) is 5.75 Å². The van der Waals surface area contributed by atoms with E-state index in [2.05, 4.69) is 0 Å². The average molecular weight is 379 g/mol. The minimum Gasteiger partial charge on any atom is -0.421 e. The molecule has 5 rings (SSSR count). The number of amides is 1. The quantitative estimate of drug-likeness (QED) is 0.362. The van der Waals surface area contributed by atoms with Crippen LogP contribution in [0.3, 0.4) is 0 Å². The molecule has 0 saturated heterocycles. The molecule has 4 nitrogen and oxygen atoms in total. The van der Waals surface area contributed by atoms with E-state index in [1.165, 1.54) is 0 Å². The molecular formula is C25H17NO3. The van der Waals surface area contributed by atoms with Crippen LogP contribution >= 0.6 is 0 Å². The number of benzene rings is 4. The van der Waals surface area contributed by atoms with Crippen molar-refractivity contribution in [1.29, 1.82) is 0 Å². The first-order valence-corrected chi connectivity index (χ1v) is 9.40. The molecule has 1 amide bonds. The fourth-order valence-corrected chi connectivity index (χ4v) is 3.69. The van der Waals surface area contributed by atoms with Gasteiger partial charge in [0.15, 0.2) is 5.75 Å². The maximum atomic E-state index is 12.8. The molecule has 0 radical (unpaired) electrons. The van der Waals surface area contributed by atoms with E-state index in [1.807, 2.05) is 66.7 Å². The van der Waals surface area contributed by atoms with Gasteiger partial charge in [-0.05, 0) is 46.7 Å². The number of carbonyl (C=O) groups excluding carboxylic acids is 2. The first-order valence-electron chi connectivity index (χ1n) is 9.40. The van der Waals surface area contributed by atoms with Gasteiger partial charge >= 0.3 is 5.97 Å². The average Bonchev–Trinajstić information content (AvgIpc) is 3.10. The fourth-order valence-electron chi connectivity index (χ4n) is 3.69. The Morgan fingerprint density at radius 1 is 0.793 bits per heavy atom. The number of hydrogen-bond donors (Lipinski definition) is 0. The predicted octanol–water partition coefficient (Wildman–Crippen LogP) is 5.22. The molecule has 0 saturated carbocycles. The Kier molecular flexibility index (Phi) is 4.10. The van der Waals surface area contributed by atoms with Crippen molar-refractivity contribution in [3.05, 3.63) is 108 Å². The predicted molar refractivity (Wildman–Crippen MR) is 112 cm³/mol. The van der Waals surface area contributed by atoms with Crippen LogP contribution in [0.15, 0.2) is 91.0 Å². The Hall–Kier alpha value is -3.92. The minimum atomic E-state index is -0.452. The molecule has 0 N–H and O–H groups in total. The fraction of sp³-hybridized carbons (Fsp3) is 0.0400. The summed E-state index contributed by atoms with van der Waals surface area (Å²) in [6.45, 7) is 0.458. The minimum absolute atomic E-state index is 0.0881. The van der Waals surface area contributed by atoms with Crippen LogP contribution in [0.1, 0.15) is 26.3 Å². The van der Waals surface area contributed by atoms with Gasteiger partial charge in [-0.3, -0.25) is 4.79 Å². The van der Waals surface area contributed by atoms with Gasteiger partial charge in [0.1, 0.15) is 0 Å². The van der Waals surface area contributed by atoms with Gasteiger partial charge in [0, 0.05) is 5.56 Å². The van der Waals surface area contributed by atoms with Gasteiger partial charge in [-0.1, -0.05) is 60.7 Å². The Morgan fingerprint density at radius 2 is 1.52 bits per heavy atom. The Morgan fingerprint density at radius 3 is 2.38 bits per heavy atom. The molecule has 1 aliphatic heterocycles. The van der Waals surface area contributed by atoms with E-state index in [0.29, 0.717) is 29.1 Å². The van der Waals surface area contributed by atoms with E-state index < -0.39 is 5.97 Å². The molecule has 1 heterocycles. The lowest BCUT2D eigenvalue weighted by Gasteiger charge is -2.19. The molecule has 4 aromatic rings. The number of fused-ring (bicyclic) bond motifs is 2. The topological polar surface area (TPSA) is 46.6 Å². The Labute approximate surface area is 168 Å². The first-order chi connectivity index (χ1) is 14.2. The largest absolute Gasteiger partial charge is 0.421 e. The molecule has 0 aromatic heterocycles. The summed E-state index contributed by atoms with van der Waals surface area (Å²) < 4.78 is 5.71. The van der Waals surface area contributed by atoms with Crippen LogP contribution in [0.25, 0.3) is 10.8 Å². The van der Waals surface area contributed by atoms with Crippen LogP contribution in [0, 0.1) is 0 Å². The maximum Gasteiger partial charge on any atom is 0.343 e. The molecule has 4 aromatic carbocycles. The first kappa shape index (κ1) is 17.2. The van der Waals surface area contributed by atoms with Crippen molar-refractivity contribution in [3.63, 3.8) is 0 Å². The summed E-state index contributed by atoms with van der Waals surface area (Å²) in [5.41, 5.74) is 2.70. The monoisotopic (exact) mass is 379 g/mol. The lowest BCUT2D eigenvalue weighted by Crippen LogP contribution is -2.24. The lowest BCUT2D eigenvalue weighted by molar-refractivity contribution is 0.0734. The van der Waals surface area contributed by atoms with Gasteiger partial charge in [-0.25, -0.2) is 4.79 Å². The number of esters is 1. The standard InChI is InChI=1S/C25H17NO3/c27-24-21-10-4-3-9-20(21)16-26(24)22-11-5-6-12-23(22)29-25(28)19-14-13-17-7-1-2-8-18(17)15-19/h1-15H,16H2. The van der Waals surface area contributed by atoms with Gasteiger partial charge in [0.05, 0.1) is 17.8 Å². The van der Waals surface area contributed by atoms with Gasteiger partial charge in [-0.15, -0.1) is 0 Å². The van der Waals surface area contributed by atoms with Crippen LogP contribution in [0.2, 0.25) is 0 Å². The van der Waals surface area contributed by atoms with E-state index in [9.17, 15) is 9.59 Å². The molecule has 1 aliphatic rings. The Balaban J connectivity index is 1.45. The molecule has 4 heteroatoms. The summed E-state index contributed by atoms with van der Waals surface area (Å²) >= 11 is 0. The van der Waals surface area contributed by atoms with Crippen LogP contribution in [0.4, 0.5) is 5.69 Å². The number of rotatable bonds is 3. The summed E-state index contributed by atoms with van der Waals surface area (Å²) in [6.07, 6.45) is 0. The van der Waals surface area contributed by atoms with Crippen molar-refractivity contribution in [2.75, 3.05) is 4.90 Å². The second-order valence-electron chi connectivity index (χ2n) is 6.97. The number of carbonyl (C=O) groups is 2. The summed E-state index contributed by atoms with van der Waals surface area (Å²) in [7, 11) is 0. The van der Waals surface area contributed by atoms with Crippen molar-refractivity contribution < 1.29 is 14.3 Å². The Bertz CT molecular complexity index is 1260. The SMILES string of the molecule is O=C(Oc1ccccc1N1Cc2ccccc2C1=O)c1ccc2ccccc2c1. The summed E-state index contributed by atoms with van der Waals surface area (Å²) in [5.74, 6) is -0.172. The summed E-state index contributed by atoms with van der Waals surface area (Å²) in [5, 5.41) is 2.03. The van der Waals surface area contributed by atoms with Crippen molar-refractivity contribution in [2.24, 2.45) is 0 Å². The summed E-state index contributed by atoms with van der Waals surface area (Å²) in [6, 6.07) is 28.0. The van der Waals surface area contributed by atoms with E-state index >= 15 is 0 Å². The van der Waals surface area contributed by atoms with Gasteiger partial charge < -0.3 is 9.64 Å². The molecule has 140 valence electrons. The molecule has 0 aliphatic carbocycles. The van der Waals surface area contributed by atoms with E-state index in [-0.39, 0.29) is 5.91 Å². The molecule has 0 atom stereocenters. The number of nitrogens with zero attached hydrogens (tertiary/aromatic N) is 1. The van der Waals surface area contributed by atoms with E-state index in [0.717, 1.165) is 16.3 Å². The number of hydrogen-bond acceptors (Lipinski definition) is 3. The highest BCUT2D eigenvalue weighted by atomic mass is 16.5. The van der Waals surface area contributed by atoms with E-state index in [1.54, 1.807) is 29.2 Å². The van der Waals surface area contributed by atoms with Gasteiger partial charge in [0.25, 0.3) is 5.91 Å². The second-order valence-corrected chi connectivity index (χ2v) is 6.97. The van der Waals surface area contributed by atoms with Crippen LogP contribution in [-0.2, 0) is 6.54 Å². The molecule has 29 heavy (non-hydrogen) atoms. The number of ether oxygens (including phenoxy) is 1. The normalized spacial score (nSPS) is 12.8. The third kappa shape index (κ3) is 3.05. The maximum absolute atomic E-state index is 12.8. The smallest absolute Gasteiger partial charge is 0.343 e. The van der Waals surface area contributed by atoms with E-state index in [4.69, 9.17) is 4.74 Å². The zero-order valence-electron chi connectivity index (χ0n) is 15.5. The molecule has 0 fully saturated rings. The van der Waals surface area contributed by atoms with Crippen molar-refractivity contribution in [2.45, 2.75) is 6.54 Å². The molecule has 0 spiro atoms.